The lowest BCUT2D eigenvalue weighted by molar-refractivity contribution is 0.0451. The van der Waals surface area contributed by atoms with E-state index in [1.165, 1.54) is 5.56 Å². The molecule has 2 aromatic heterocycles. The van der Waals surface area contributed by atoms with Crippen LogP contribution in [0.3, 0.4) is 0 Å². The van der Waals surface area contributed by atoms with Crippen molar-refractivity contribution in [2.45, 2.75) is 12.5 Å². The normalized spacial score (nSPS) is 16.5. The summed E-state index contributed by atoms with van der Waals surface area (Å²) in [5, 5.41) is 7.94. The van der Waals surface area contributed by atoms with E-state index in [2.05, 4.69) is 40.5 Å². The number of amides is 1. The lowest BCUT2D eigenvalue weighted by atomic mass is 9.94. The van der Waals surface area contributed by atoms with Crippen LogP contribution >= 0.6 is 0 Å². The maximum atomic E-state index is 13.2. The number of benzene rings is 2. The lowest BCUT2D eigenvalue weighted by Crippen LogP contribution is -2.45. The van der Waals surface area contributed by atoms with Crippen molar-refractivity contribution >= 4 is 16.8 Å². The molecule has 1 N–H and O–H groups in total. The highest BCUT2D eigenvalue weighted by Gasteiger charge is 2.34. The molecule has 1 amide bonds. The van der Waals surface area contributed by atoms with Gasteiger partial charge in [0.1, 0.15) is 5.69 Å². The molecule has 0 radical (unpaired) electrons. The average molecular weight is 356 g/mol. The summed E-state index contributed by atoms with van der Waals surface area (Å²) < 4.78 is 2.00. The van der Waals surface area contributed by atoms with E-state index >= 15 is 0 Å². The van der Waals surface area contributed by atoms with Crippen molar-refractivity contribution in [1.29, 1.82) is 0 Å². The van der Waals surface area contributed by atoms with Crippen LogP contribution < -0.4 is 0 Å². The van der Waals surface area contributed by atoms with E-state index in [9.17, 15) is 4.79 Å². The van der Waals surface area contributed by atoms with Gasteiger partial charge < -0.3 is 9.47 Å². The second-order valence-corrected chi connectivity index (χ2v) is 7.06. The molecule has 134 valence electrons. The van der Waals surface area contributed by atoms with Crippen LogP contribution in [0, 0.1) is 0 Å². The van der Waals surface area contributed by atoms with Crippen LogP contribution in [-0.2, 0) is 7.05 Å². The number of nitrogens with zero attached hydrogens (tertiary/aromatic N) is 3. The first kappa shape index (κ1) is 15.9. The molecule has 1 aliphatic rings. The number of aromatic nitrogens is 3. The third-order valence-corrected chi connectivity index (χ3v) is 5.56. The summed E-state index contributed by atoms with van der Waals surface area (Å²) in [6.45, 7) is 0.806. The molecule has 4 aromatic rings. The predicted molar refractivity (Wildman–Crippen MR) is 105 cm³/mol. The number of H-pyrrole nitrogens is 1. The first-order valence-electron chi connectivity index (χ1n) is 9.17. The second-order valence-electron chi connectivity index (χ2n) is 7.06. The number of nitrogens with one attached hydrogen (secondary N) is 1. The van der Waals surface area contributed by atoms with Gasteiger partial charge >= 0.3 is 0 Å². The fourth-order valence-corrected chi connectivity index (χ4v) is 3.92. The van der Waals surface area contributed by atoms with Crippen molar-refractivity contribution in [3.63, 3.8) is 0 Å². The van der Waals surface area contributed by atoms with E-state index in [4.69, 9.17) is 0 Å². The monoisotopic (exact) mass is 356 g/mol. The van der Waals surface area contributed by atoms with Gasteiger partial charge in [0, 0.05) is 36.3 Å². The minimum atomic E-state index is 0.0960. The Labute approximate surface area is 157 Å². The molecule has 0 aliphatic carbocycles. The van der Waals surface area contributed by atoms with Crippen LogP contribution in [0.1, 0.15) is 28.5 Å². The molecule has 1 fully saturated rings. The number of carbonyl (C=O) groups excluding carboxylic acids is 1. The Hall–Kier alpha value is -3.34. The Bertz CT molecular complexity index is 1110. The fraction of sp³-hybridized carbons (Fsp3) is 0.182. The minimum Gasteiger partial charge on any atom is -0.340 e. The van der Waals surface area contributed by atoms with Gasteiger partial charge in [-0.25, -0.2) is 0 Å². The molecule has 1 saturated heterocycles. The van der Waals surface area contributed by atoms with Gasteiger partial charge in [-0.1, -0.05) is 42.5 Å². The molecule has 3 heterocycles. The van der Waals surface area contributed by atoms with Crippen molar-refractivity contribution in [2.75, 3.05) is 6.54 Å². The highest BCUT2D eigenvalue weighted by Crippen LogP contribution is 2.35. The standard InChI is InChI=1S/C22H20N4O/c1-25-20-11-16(18-13-23-24-14-18)7-8-17(20)12-21(25)22(27)26-10-9-19(26)15-5-3-2-4-6-15/h2-8,11-14,19H,9-10H2,1H3,(H,23,24)/t19-/m1/s1. The average Bonchev–Trinajstić information content (AvgIpc) is 3.30. The molecule has 1 atom stereocenters. The molecule has 1 aliphatic heterocycles. The summed E-state index contributed by atoms with van der Waals surface area (Å²) in [5.74, 6) is 0.0960. The molecule has 0 unspecified atom stereocenters. The summed E-state index contributed by atoms with van der Waals surface area (Å²) in [7, 11) is 1.96. The zero-order valence-corrected chi connectivity index (χ0v) is 15.1. The van der Waals surface area contributed by atoms with Crippen molar-refractivity contribution in [2.24, 2.45) is 7.05 Å². The number of carbonyl (C=O) groups is 1. The van der Waals surface area contributed by atoms with E-state index in [1.54, 1.807) is 6.20 Å². The molecule has 27 heavy (non-hydrogen) atoms. The maximum Gasteiger partial charge on any atom is 0.271 e. The zero-order valence-electron chi connectivity index (χ0n) is 15.1. The fourth-order valence-electron chi connectivity index (χ4n) is 3.92. The Morgan fingerprint density at radius 3 is 2.67 bits per heavy atom. The number of aromatic amines is 1. The van der Waals surface area contributed by atoms with Gasteiger partial charge in [0.05, 0.1) is 12.2 Å². The van der Waals surface area contributed by atoms with E-state index in [0.29, 0.717) is 0 Å². The van der Waals surface area contributed by atoms with Crippen LogP contribution in [0.15, 0.2) is 67.0 Å². The number of likely N-dealkylation sites (tertiary alicyclic amines) is 1. The first-order valence-corrected chi connectivity index (χ1v) is 9.17. The van der Waals surface area contributed by atoms with Crippen LogP contribution in [0.4, 0.5) is 0 Å². The topological polar surface area (TPSA) is 53.9 Å². The molecular formula is C22H20N4O. The summed E-state index contributed by atoms with van der Waals surface area (Å²) >= 11 is 0. The Morgan fingerprint density at radius 1 is 1.11 bits per heavy atom. The summed E-state index contributed by atoms with van der Waals surface area (Å²) in [5.41, 5.74) is 5.11. The van der Waals surface area contributed by atoms with E-state index < -0.39 is 0 Å². The maximum absolute atomic E-state index is 13.2. The minimum absolute atomic E-state index is 0.0960. The van der Waals surface area contributed by atoms with Gasteiger partial charge in [-0.3, -0.25) is 9.89 Å². The molecule has 5 heteroatoms. The largest absolute Gasteiger partial charge is 0.340 e. The molecule has 0 spiro atoms. The third-order valence-electron chi connectivity index (χ3n) is 5.56. The van der Waals surface area contributed by atoms with Crippen molar-refractivity contribution in [3.8, 4) is 11.1 Å². The third kappa shape index (κ3) is 2.54. The second kappa shape index (κ2) is 6.13. The first-order chi connectivity index (χ1) is 13.2. The highest BCUT2D eigenvalue weighted by atomic mass is 16.2. The number of aryl methyl sites for hydroxylation is 1. The van der Waals surface area contributed by atoms with Gasteiger partial charge in [-0.2, -0.15) is 5.10 Å². The molecule has 5 nitrogen and oxygen atoms in total. The van der Waals surface area contributed by atoms with Crippen molar-refractivity contribution in [1.82, 2.24) is 19.7 Å². The van der Waals surface area contributed by atoms with E-state index in [-0.39, 0.29) is 11.9 Å². The molecule has 5 rings (SSSR count). The van der Waals surface area contributed by atoms with Crippen molar-refractivity contribution in [3.05, 3.63) is 78.2 Å². The van der Waals surface area contributed by atoms with Gasteiger partial charge in [0.25, 0.3) is 5.91 Å². The van der Waals surface area contributed by atoms with Crippen LogP contribution in [0.5, 0.6) is 0 Å². The number of hydrogen-bond donors (Lipinski definition) is 1. The predicted octanol–water partition coefficient (Wildman–Crippen LogP) is 4.16. The van der Waals surface area contributed by atoms with Gasteiger partial charge in [-0.15, -0.1) is 0 Å². The highest BCUT2D eigenvalue weighted by molar-refractivity contribution is 6.00. The smallest absolute Gasteiger partial charge is 0.271 e. The number of hydrogen-bond acceptors (Lipinski definition) is 2. The van der Waals surface area contributed by atoms with E-state index in [1.807, 2.05) is 47.0 Å². The molecular weight excluding hydrogens is 336 g/mol. The Kier molecular flexibility index (Phi) is 3.60. The summed E-state index contributed by atoms with van der Waals surface area (Å²) in [6.07, 6.45) is 4.70. The zero-order chi connectivity index (χ0) is 18.4. The molecule has 2 aromatic carbocycles. The molecule has 0 saturated carbocycles. The molecule has 0 bridgehead atoms. The summed E-state index contributed by atoms with van der Waals surface area (Å²) in [6, 6.07) is 18.7. The lowest BCUT2D eigenvalue weighted by Gasteiger charge is -2.41. The summed E-state index contributed by atoms with van der Waals surface area (Å²) in [4.78, 5) is 15.2. The van der Waals surface area contributed by atoms with Crippen LogP contribution in [0.25, 0.3) is 22.0 Å². The van der Waals surface area contributed by atoms with Crippen LogP contribution in [0.2, 0.25) is 0 Å². The SMILES string of the molecule is Cn1c(C(=O)N2CC[C@@H]2c2ccccc2)cc2ccc(-c3cn[nH]c3)cc21. The van der Waals surface area contributed by atoms with Crippen molar-refractivity contribution < 1.29 is 4.79 Å². The van der Waals surface area contributed by atoms with Crippen LogP contribution in [-0.4, -0.2) is 32.1 Å². The van der Waals surface area contributed by atoms with Gasteiger partial charge in [-0.05, 0) is 29.7 Å². The van der Waals surface area contributed by atoms with E-state index in [0.717, 1.165) is 40.7 Å². The Balaban J connectivity index is 1.49. The Morgan fingerprint density at radius 2 is 1.96 bits per heavy atom. The number of fused-ring (bicyclic) bond motifs is 1. The van der Waals surface area contributed by atoms with Gasteiger partial charge in [0.2, 0.25) is 0 Å². The number of rotatable bonds is 3. The van der Waals surface area contributed by atoms with Gasteiger partial charge in [0.15, 0.2) is 0 Å². The quantitative estimate of drug-likeness (QED) is 0.599.